The zero-order chi connectivity index (χ0) is 20.8. The Hall–Kier alpha value is -2.97. The Morgan fingerprint density at radius 2 is 1.86 bits per heavy atom. The van der Waals surface area contributed by atoms with Gasteiger partial charge in [0.15, 0.2) is 0 Å². The van der Waals surface area contributed by atoms with E-state index in [1.807, 2.05) is 25.3 Å². The SMILES string of the molecule is Cc1c(C2=CCN(S(=O)(=O)c3cccc([N+](=O)[O-])c3)CC2)c2ccccc2n1C. The quantitative estimate of drug-likeness (QED) is 0.482. The van der Waals surface area contributed by atoms with Gasteiger partial charge in [0.2, 0.25) is 10.0 Å². The van der Waals surface area contributed by atoms with Gasteiger partial charge in [0.05, 0.1) is 9.82 Å². The summed E-state index contributed by atoms with van der Waals surface area (Å²) in [6.45, 7) is 2.64. The summed E-state index contributed by atoms with van der Waals surface area (Å²) in [6, 6.07) is 13.4. The average molecular weight is 411 g/mol. The molecule has 0 radical (unpaired) electrons. The largest absolute Gasteiger partial charge is 0.347 e. The lowest BCUT2D eigenvalue weighted by atomic mass is 9.97. The second-order valence-electron chi connectivity index (χ2n) is 7.13. The van der Waals surface area contributed by atoms with E-state index in [9.17, 15) is 18.5 Å². The normalized spacial score (nSPS) is 15.4. The van der Waals surface area contributed by atoms with Crippen LogP contribution in [0.1, 0.15) is 17.7 Å². The molecule has 2 aromatic carbocycles. The van der Waals surface area contributed by atoms with Gasteiger partial charge in [-0.05, 0) is 31.1 Å². The maximum absolute atomic E-state index is 13.0. The third kappa shape index (κ3) is 3.24. The standard InChI is InChI=1S/C21H21N3O4S/c1-15-21(19-8-3-4-9-20(19)22(15)2)16-10-12-23(13-11-16)29(27,28)18-7-5-6-17(14-18)24(25)26/h3-10,14H,11-13H2,1-2H3. The van der Waals surface area contributed by atoms with Crippen molar-refractivity contribution < 1.29 is 13.3 Å². The predicted molar refractivity (Wildman–Crippen MR) is 112 cm³/mol. The second-order valence-corrected chi connectivity index (χ2v) is 9.07. The van der Waals surface area contributed by atoms with Crippen molar-refractivity contribution in [1.29, 1.82) is 0 Å². The number of non-ortho nitro benzene ring substituents is 1. The van der Waals surface area contributed by atoms with E-state index >= 15 is 0 Å². The summed E-state index contributed by atoms with van der Waals surface area (Å²) in [7, 11) is -1.76. The van der Waals surface area contributed by atoms with Crippen molar-refractivity contribution in [1.82, 2.24) is 8.87 Å². The number of aryl methyl sites for hydroxylation is 1. The molecule has 0 bridgehead atoms. The highest BCUT2D eigenvalue weighted by atomic mass is 32.2. The number of nitro groups is 1. The van der Waals surface area contributed by atoms with Crippen molar-refractivity contribution in [3.8, 4) is 0 Å². The molecule has 1 aromatic heterocycles. The molecule has 0 amide bonds. The smallest absolute Gasteiger partial charge is 0.270 e. The number of hydrogen-bond acceptors (Lipinski definition) is 4. The summed E-state index contributed by atoms with van der Waals surface area (Å²) in [5, 5.41) is 12.1. The van der Waals surface area contributed by atoms with Crippen LogP contribution >= 0.6 is 0 Å². The number of rotatable bonds is 4. The van der Waals surface area contributed by atoms with Crippen LogP contribution < -0.4 is 0 Å². The van der Waals surface area contributed by atoms with Crippen LogP contribution in [-0.4, -0.2) is 35.3 Å². The first-order valence-corrected chi connectivity index (χ1v) is 10.7. The fraction of sp³-hybridized carbons (Fsp3) is 0.238. The molecule has 1 aliphatic heterocycles. The van der Waals surface area contributed by atoms with Crippen LogP contribution in [0.25, 0.3) is 16.5 Å². The second kappa shape index (κ2) is 7.13. The average Bonchev–Trinajstić information content (AvgIpc) is 2.99. The number of aromatic nitrogens is 1. The minimum atomic E-state index is -3.79. The number of benzene rings is 2. The Bertz CT molecular complexity index is 1260. The summed E-state index contributed by atoms with van der Waals surface area (Å²) in [5.41, 5.74) is 4.35. The minimum absolute atomic E-state index is 0.0510. The van der Waals surface area contributed by atoms with Crippen LogP contribution in [0.4, 0.5) is 5.69 Å². The Balaban J connectivity index is 1.66. The van der Waals surface area contributed by atoms with E-state index in [1.165, 1.54) is 22.5 Å². The van der Waals surface area contributed by atoms with Crippen LogP contribution in [-0.2, 0) is 17.1 Å². The highest BCUT2D eigenvalue weighted by Crippen LogP contribution is 2.34. The maximum Gasteiger partial charge on any atom is 0.270 e. The Morgan fingerprint density at radius 1 is 1.10 bits per heavy atom. The van der Waals surface area contributed by atoms with Crippen molar-refractivity contribution in [2.24, 2.45) is 7.05 Å². The lowest BCUT2D eigenvalue weighted by Gasteiger charge is -2.26. The summed E-state index contributed by atoms with van der Waals surface area (Å²) in [5.74, 6) is 0. The summed E-state index contributed by atoms with van der Waals surface area (Å²) < 4.78 is 29.4. The molecular weight excluding hydrogens is 390 g/mol. The van der Waals surface area contributed by atoms with Gasteiger partial charge in [-0.25, -0.2) is 8.42 Å². The minimum Gasteiger partial charge on any atom is -0.347 e. The first kappa shape index (κ1) is 19.4. The van der Waals surface area contributed by atoms with Crippen molar-refractivity contribution in [3.63, 3.8) is 0 Å². The predicted octanol–water partition coefficient (Wildman–Crippen LogP) is 3.87. The molecule has 29 heavy (non-hydrogen) atoms. The van der Waals surface area contributed by atoms with Crippen molar-refractivity contribution in [3.05, 3.63) is 76.0 Å². The van der Waals surface area contributed by atoms with Crippen molar-refractivity contribution in [2.75, 3.05) is 13.1 Å². The van der Waals surface area contributed by atoms with E-state index in [2.05, 4.69) is 23.6 Å². The number of hydrogen-bond donors (Lipinski definition) is 0. The first-order valence-electron chi connectivity index (χ1n) is 9.28. The number of nitro benzene ring substituents is 1. The molecule has 0 saturated heterocycles. The van der Waals surface area contributed by atoms with Gasteiger partial charge in [-0.15, -0.1) is 0 Å². The van der Waals surface area contributed by atoms with Crippen LogP contribution in [0.15, 0.2) is 59.5 Å². The summed E-state index contributed by atoms with van der Waals surface area (Å²) in [4.78, 5) is 10.3. The summed E-state index contributed by atoms with van der Waals surface area (Å²) in [6.07, 6.45) is 2.54. The number of nitrogens with zero attached hydrogens (tertiary/aromatic N) is 3. The molecule has 0 fully saturated rings. The molecule has 0 unspecified atom stereocenters. The van der Waals surface area contributed by atoms with Crippen LogP contribution in [0.3, 0.4) is 0 Å². The Kier molecular flexibility index (Phi) is 4.76. The van der Waals surface area contributed by atoms with Crippen molar-refractivity contribution >= 4 is 32.2 Å². The molecule has 3 aromatic rings. The van der Waals surface area contributed by atoms with E-state index in [-0.39, 0.29) is 17.1 Å². The maximum atomic E-state index is 13.0. The molecule has 150 valence electrons. The van der Waals surface area contributed by atoms with Gasteiger partial charge >= 0.3 is 0 Å². The molecule has 7 nitrogen and oxygen atoms in total. The van der Waals surface area contributed by atoms with Gasteiger partial charge in [0, 0.05) is 54.4 Å². The monoisotopic (exact) mass is 411 g/mol. The highest BCUT2D eigenvalue weighted by molar-refractivity contribution is 7.89. The molecule has 0 saturated carbocycles. The number of fused-ring (bicyclic) bond motifs is 1. The van der Waals surface area contributed by atoms with E-state index in [4.69, 9.17) is 0 Å². The molecule has 0 atom stereocenters. The van der Waals surface area contributed by atoms with Crippen LogP contribution in [0.5, 0.6) is 0 Å². The number of para-hydroxylation sites is 1. The molecule has 1 aliphatic rings. The van der Waals surface area contributed by atoms with E-state index in [1.54, 1.807) is 0 Å². The third-order valence-electron chi connectivity index (χ3n) is 5.56. The zero-order valence-corrected chi connectivity index (χ0v) is 17.0. The molecule has 2 heterocycles. The topological polar surface area (TPSA) is 85.4 Å². The van der Waals surface area contributed by atoms with Gasteiger partial charge in [-0.1, -0.05) is 30.3 Å². The fourth-order valence-electron chi connectivity index (χ4n) is 3.93. The fourth-order valence-corrected chi connectivity index (χ4v) is 5.35. The molecule has 4 rings (SSSR count). The molecule has 8 heteroatoms. The van der Waals surface area contributed by atoms with Gasteiger partial charge in [0.25, 0.3) is 5.69 Å². The molecule has 0 spiro atoms. The number of sulfonamides is 1. The lowest BCUT2D eigenvalue weighted by Crippen LogP contribution is -2.34. The summed E-state index contributed by atoms with van der Waals surface area (Å²) >= 11 is 0. The Morgan fingerprint density at radius 3 is 2.55 bits per heavy atom. The van der Waals surface area contributed by atoms with Crippen LogP contribution in [0.2, 0.25) is 0 Å². The van der Waals surface area contributed by atoms with E-state index in [0.29, 0.717) is 13.0 Å². The Labute approximate surface area is 169 Å². The molecule has 0 aliphatic carbocycles. The van der Waals surface area contributed by atoms with Crippen LogP contribution in [0, 0.1) is 17.0 Å². The first-order chi connectivity index (χ1) is 13.8. The lowest BCUT2D eigenvalue weighted by molar-refractivity contribution is -0.385. The van der Waals surface area contributed by atoms with Gasteiger partial charge < -0.3 is 4.57 Å². The van der Waals surface area contributed by atoms with Gasteiger partial charge in [-0.2, -0.15) is 4.31 Å². The highest BCUT2D eigenvalue weighted by Gasteiger charge is 2.28. The van der Waals surface area contributed by atoms with Gasteiger partial charge in [0.1, 0.15) is 0 Å². The van der Waals surface area contributed by atoms with E-state index in [0.717, 1.165) is 33.8 Å². The molecule has 0 N–H and O–H groups in total. The zero-order valence-electron chi connectivity index (χ0n) is 16.2. The van der Waals surface area contributed by atoms with E-state index < -0.39 is 14.9 Å². The van der Waals surface area contributed by atoms with Crippen molar-refractivity contribution in [2.45, 2.75) is 18.2 Å². The third-order valence-corrected chi connectivity index (χ3v) is 7.42. The molecular formula is C21H21N3O4S. The van der Waals surface area contributed by atoms with Gasteiger partial charge in [-0.3, -0.25) is 10.1 Å².